The van der Waals surface area contributed by atoms with Crippen LogP contribution < -0.4 is 10.1 Å². The van der Waals surface area contributed by atoms with Crippen LogP contribution in [-0.4, -0.2) is 18.6 Å². The minimum absolute atomic E-state index is 0.0287. The van der Waals surface area contributed by atoms with Crippen LogP contribution in [0.25, 0.3) is 0 Å². The number of benzene rings is 2. The number of carbonyl (C=O) groups is 1. The lowest BCUT2D eigenvalue weighted by molar-refractivity contribution is -0.121. The van der Waals surface area contributed by atoms with E-state index in [1.807, 2.05) is 0 Å². The van der Waals surface area contributed by atoms with Crippen molar-refractivity contribution in [2.75, 3.05) is 6.61 Å². The lowest BCUT2D eigenvalue weighted by Crippen LogP contribution is -2.37. The SMILES string of the molecule is CC(COc1ccc(F)cc1F)NC(=O)CCc1ccc(Br)cc1F. The highest BCUT2D eigenvalue weighted by Gasteiger charge is 2.12. The molecule has 0 aliphatic carbocycles. The van der Waals surface area contributed by atoms with Crippen LogP contribution in [0.15, 0.2) is 40.9 Å². The summed E-state index contributed by atoms with van der Waals surface area (Å²) >= 11 is 3.17. The van der Waals surface area contributed by atoms with Gasteiger partial charge in [-0.1, -0.05) is 22.0 Å². The third kappa shape index (κ3) is 6.08. The second kappa shape index (κ2) is 8.89. The Morgan fingerprint density at radius 1 is 1.16 bits per heavy atom. The van der Waals surface area contributed by atoms with Gasteiger partial charge in [0.15, 0.2) is 11.6 Å². The number of carbonyl (C=O) groups excluding carboxylic acids is 1. The molecular formula is C18H17BrF3NO2. The van der Waals surface area contributed by atoms with Crippen LogP contribution in [0.1, 0.15) is 18.9 Å². The number of amides is 1. The molecule has 7 heteroatoms. The van der Waals surface area contributed by atoms with E-state index in [0.29, 0.717) is 10.0 Å². The minimum Gasteiger partial charge on any atom is -0.488 e. The van der Waals surface area contributed by atoms with Crippen LogP contribution in [0.4, 0.5) is 13.2 Å². The van der Waals surface area contributed by atoms with Gasteiger partial charge in [-0.05, 0) is 43.2 Å². The average Bonchev–Trinajstić information content (AvgIpc) is 2.53. The van der Waals surface area contributed by atoms with E-state index in [1.54, 1.807) is 19.1 Å². The topological polar surface area (TPSA) is 38.3 Å². The molecule has 2 rings (SSSR count). The highest BCUT2D eigenvalue weighted by Crippen LogP contribution is 2.18. The van der Waals surface area contributed by atoms with Crippen molar-refractivity contribution in [2.45, 2.75) is 25.8 Å². The number of halogens is 4. The highest BCUT2D eigenvalue weighted by molar-refractivity contribution is 9.10. The van der Waals surface area contributed by atoms with E-state index in [2.05, 4.69) is 21.2 Å². The molecular weight excluding hydrogens is 399 g/mol. The van der Waals surface area contributed by atoms with E-state index < -0.39 is 11.6 Å². The summed E-state index contributed by atoms with van der Waals surface area (Å²) in [5.41, 5.74) is 0.454. The molecule has 1 atom stereocenters. The zero-order valence-electron chi connectivity index (χ0n) is 13.5. The summed E-state index contributed by atoms with van der Waals surface area (Å²) in [6, 6.07) is 7.31. The lowest BCUT2D eigenvalue weighted by Gasteiger charge is -2.15. The summed E-state index contributed by atoms with van der Waals surface area (Å²) in [7, 11) is 0. The number of nitrogens with one attached hydrogen (secondary N) is 1. The van der Waals surface area contributed by atoms with Crippen LogP contribution in [-0.2, 0) is 11.2 Å². The van der Waals surface area contributed by atoms with Gasteiger partial charge in [-0.3, -0.25) is 4.79 Å². The van der Waals surface area contributed by atoms with E-state index in [0.717, 1.165) is 12.1 Å². The van der Waals surface area contributed by atoms with Crippen molar-refractivity contribution in [3.05, 3.63) is 63.9 Å². The lowest BCUT2D eigenvalue weighted by atomic mass is 10.1. The van der Waals surface area contributed by atoms with Gasteiger partial charge in [0, 0.05) is 17.0 Å². The molecule has 0 saturated heterocycles. The molecule has 1 amide bonds. The van der Waals surface area contributed by atoms with Crippen molar-refractivity contribution < 1.29 is 22.7 Å². The molecule has 2 aromatic rings. The zero-order chi connectivity index (χ0) is 18.4. The molecule has 0 aliphatic heterocycles. The van der Waals surface area contributed by atoms with Crippen LogP contribution in [0.2, 0.25) is 0 Å². The molecule has 0 fully saturated rings. The number of hydrogen-bond acceptors (Lipinski definition) is 2. The van der Waals surface area contributed by atoms with Gasteiger partial charge in [-0.15, -0.1) is 0 Å². The fourth-order valence-electron chi connectivity index (χ4n) is 2.17. The van der Waals surface area contributed by atoms with Crippen LogP contribution in [0, 0.1) is 17.5 Å². The van der Waals surface area contributed by atoms with Gasteiger partial charge in [0.25, 0.3) is 0 Å². The van der Waals surface area contributed by atoms with E-state index in [1.165, 1.54) is 12.1 Å². The number of aryl methyl sites for hydroxylation is 1. The van der Waals surface area contributed by atoms with Gasteiger partial charge in [-0.25, -0.2) is 13.2 Å². The smallest absolute Gasteiger partial charge is 0.220 e. The van der Waals surface area contributed by atoms with Gasteiger partial charge in [0.05, 0.1) is 6.04 Å². The van der Waals surface area contributed by atoms with Crippen molar-refractivity contribution in [1.82, 2.24) is 5.32 Å². The molecule has 2 aromatic carbocycles. The van der Waals surface area contributed by atoms with Crippen LogP contribution in [0.3, 0.4) is 0 Å². The standard InChI is InChI=1S/C18H17BrF3NO2/c1-11(10-25-17-6-5-14(20)9-16(17)22)23-18(24)7-3-12-2-4-13(19)8-15(12)21/h2,4-6,8-9,11H,3,7,10H2,1H3,(H,23,24). The quantitative estimate of drug-likeness (QED) is 0.728. The molecule has 1 N–H and O–H groups in total. The predicted octanol–water partition coefficient (Wildman–Crippen LogP) is 4.38. The van der Waals surface area contributed by atoms with Gasteiger partial charge in [-0.2, -0.15) is 0 Å². The van der Waals surface area contributed by atoms with E-state index in [4.69, 9.17) is 4.74 Å². The van der Waals surface area contributed by atoms with Crippen molar-refractivity contribution in [2.24, 2.45) is 0 Å². The summed E-state index contributed by atoms with van der Waals surface area (Å²) in [4.78, 5) is 11.9. The third-order valence-corrected chi connectivity index (χ3v) is 3.92. The van der Waals surface area contributed by atoms with Gasteiger partial charge < -0.3 is 10.1 Å². The van der Waals surface area contributed by atoms with E-state index in [-0.39, 0.29) is 43.0 Å². The Bertz CT molecular complexity index is 755. The zero-order valence-corrected chi connectivity index (χ0v) is 15.1. The maximum atomic E-state index is 13.7. The van der Waals surface area contributed by atoms with Crippen LogP contribution >= 0.6 is 15.9 Å². The molecule has 25 heavy (non-hydrogen) atoms. The van der Waals surface area contributed by atoms with E-state index in [9.17, 15) is 18.0 Å². The van der Waals surface area contributed by atoms with Gasteiger partial charge >= 0.3 is 0 Å². The van der Waals surface area contributed by atoms with Crippen LogP contribution in [0.5, 0.6) is 5.75 Å². The monoisotopic (exact) mass is 415 g/mol. The molecule has 0 saturated carbocycles. The molecule has 134 valence electrons. The summed E-state index contributed by atoms with van der Waals surface area (Å²) < 4.78 is 45.8. The molecule has 1 unspecified atom stereocenters. The Morgan fingerprint density at radius 2 is 1.92 bits per heavy atom. The Kier molecular flexibility index (Phi) is 6.87. The molecule has 3 nitrogen and oxygen atoms in total. The van der Waals surface area contributed by atoms with Crippen molar-refractivity contribution in [3.63, 3.8) is 0 Å². The molecule has 0 spiro atoms. The molecule has 0 radical (unpaired) electrons. The molecule has 0 aliphatic rings. The third-order valence-electron chi connectivity index (χ3n) is 3.43. The van der Waals surface area contributed by atoms with E-state index >= 15 is 0 Å². The highest BCUT2D eigenvalue weighted by atomic mass is 79.9. The molecule has 0 bridgehead atoms. The van der Waals surface area contributed by atoms with Gasteiger partial charge in [0.1, 0.15) is 18.2 Å². The Hall–Kier alpha value is -2.02. The Labute approximate surface area is 152 Å². The van der Waals surface area contributed by atoms with Crippen molar-refractivity contribution in [1.29, 1.82) is 0 Å². The first-order valence-electron chi connectivity index (χ1n) is 7.66. The maximum Gasteiger partial charge on any atom is 0.220 e. The first-order chi connectivity index (χ1) is 11.8. The number of hydrogen-bond donors (Lipinski definition) is 1. The predicted molar refractivity (Wildman–Crippen MR) is 91.9 cm³/mol. The number of ether oxygens (including phenoxy) is 1. The average molecular weight is 416 g/mol. The fourth-order valence-corrected chi connectivity index (χ4v) is 2.50. The summed E-state index contributed by atoms with van der Waals surface area (Å²) in [5.74, 6) is -2.21. The van der Waals surface area contributed by atoms with Gasteiger partial charge in [0.2, 0.25) is 5.91 Å². The van der Waals surface area contributed by atoms with Crippen molar-refractivity contribution >= 4 is 21.8 Å². The Morgan fingerprint density at radius 3 is 2.60 bits per heavy atom. The first kappa shape index (κ1) is 19.3. The minimum atomic E-state index is -0.802. The molecule has 0 aromatic heterocycles. The Balaban J connectivity index is 1.77. The first-order valence-corrected chi connectivity index (χ1v) is 8.45. The number of rotatable bonds is 7. The molecule has 0 heterocycles. The normalized spacial score (nSPS) is 11.9. The summed E-state index contributed by atoms with van der Waals surface area (Å²) in [6.07, 6.45) is 0.388. The summed E-state index contributed by atoms with van der Waals surface area (Å²) in [5, 5.41) is 2.69. The largest absolute Gasteiger partial charge is 0.488 e. The fraction of sp³-hybridized carbons (Fsp3) is 0.278. The second-order valence-electron chi connectivity index (χ2n) is 5.59. The summed E-state index contributed by atoms with van der Waals surface area (Å²) in [6.45, 7) is 1.72. The second-order valence-corrected chi connectivity index (χ2v) is 6.51. The van der Waals surface area contributed by atoms with Crippen molar-refractivity contribution in [3.8, 4) is 5.75 Å². The maximum absolute atomic E-state index is 13.7.